The van der Waals surface area contributed by atoms with E-state index in [9.17, 15) is 9.59 Å². The zero-order valence-corrected chi connectivity index (χ0v) is 11.1. The van der Waals surface area contributed by atoms with E-state index in [1.165, 1.54) is 25.7 Å². The molecule has 2 atom stereocenters. The average Bonchev–Trinajstić information content (AvgIpc) is 2.29. The summed E-state index contributed by atoms with van der Waals surface area (Å²) in [6, 6.07) is -0.445. The third kappa shape index (κ3) is 5.91. The van der Waals surface area contributed by atoms with Gasteiger partial charge in [0, 0.05) is 6.54 Å². The van der Waals surface area contributed by atoms with Gasteiger partial charge in [0.2, 0.25) is 5.91 Å². The first kappa shape index (κ1) is 14.3. The van der Waals surface area contributed by atoms with Crippen LogP contribution in [0.4, 0.5) is 4.79 Å². The van der Waals surface area contributed by atoms with Crippen molar-refractivity contribution < 1.29 is 9.59 Å². The van der Waals surface area contributed by atoms with E-state index >= 15 is 0 Å². The monoisotopic (exact) mass is 260 g/mol. The number of halogens is 1. The van der Waals surface area contributed by atoms with Gasteiger partial charge < -0.3 is 5.32 Å². The summed E-state index contributed by atoms with van der Waals surface area (Å²) in [4.78, 5) is 22.0. The molecule has 1 aliphatic carbocycles. The second-order valence-electron chi connectivity index (χ2n) is 4.86. The molecule has 1 fully saturated rings. The van der Waals surface area contributed by atoms with E-state index in [0.29, 0.717) is 12.5 Å². The number of urea groups is 1. The minimum absolute atomic E-state index is 0.187. The summed E-state index contributed by atoms with van der Waals surface area (Å²) in [5, 5.41) is 4.84. The Bertz CT molecular complexity index is 271. The Morgan fingerprint density at radius 3 is 2.76 bits per heavy atom. The molecule has 0 aliphatic heterocycles. The molecule has 0 saturated heterocycles. The summed E-state index contributed by atoms with van der Waals surface area (Å²) in [6.07, 6.45) is 6.13. The van der Waals surface area contributed by atoms with Crippen LogP contribution >= 0.6 is 11.6 Å². The Balaban J connectivity index is 2.10. The van der Waals surface area contributed by atoms with Crippen molar-refractivity contribution in [3.05, 3.63) is 0 Å². The molecule has 0 aromatic rings. The largest absolute Gasteiger partial charge is 0.338 e. The fraction of sp³-hybridized carbons (Fsp3) is 0.833. The summed E-state index contributed by atoms with van der Waals surface area (Å²) in [6.45, 7) is 2.91. The van der Waals surface area contributed by atoms with Gasteiger partial charge in [-0.3, -0.25) is 10.1 Å². The number of rotatable bonds is 4. The van der Waals surface area contributed by atoms with Crippen molar-refractivity contribution in [1.29, 1.82) is 0 Å². The quantitative estimate of drug-likeness (QED) is 0.762. The lowest BCUT2D eigenvalue weighted by Gasteiger charge is -2.26. The van der Waals surface area contributed by atoms with Crippen molar-refractivity contribution in [3.8, 4) is 0 Å². The fourth-order valence-corrected chi connectivity index (χ4v) is 2.48. The normalized spacial score (nSPS) is 24.1. The van der Waals surface area contributed by atoms with Gasteiger partial charge in [-0.2, -0.15) is 0 Å². The summed E-state index contributed by atoms with van der Waals surface area (Å²) in [7, 11) is 0. The third-order valence-electron chi connectivity index (χ3n) is 3.26. The van der Waals surface area contributed by atoms with E-state index in [0.717, 1.165) is 12.3 Å². The number of nitrogens with one attached hydrogen (secondary N) is 2. The molecule has 0 aromatic carbocycles. The van der Waals surface area contributed by atoms with Crippen molar-refractivity contribution in [1.82, 2.24) is 10.6 Å². The molecule has 5 heteroatoms. The van der Waals surface area contributed by atoms with Gasteiger partial charge in [-0.1, -0.05) is 26.2 Å². The first-order chi connectivity index (χ1) is 8.11. The van der Waals surface area contributed by atoms with E-state index in [1.54, 1.807) is 0 Å². The molecule has 2 unspecified atom stereocenters. The third-order valence-corrected chi connectivity index (χ3v) is 3.50. The standard InChI is InChI=1S/C12H21ClN2O2/c1-9-3-2-4-10(7-9)5-6-14-12(17)15-11(16)8-13/h9-10H,2-8H2,1H3,(H2,14,15,16,17). The van der Waals surface area contributed by atoms with Crippen molar-refractivity contribution in [2.45, 2.75) is 39.0 Å². The second-order valence-corrected chi connectivity index (χ2v) is 5.13. The van der Waals surface area contributed by atoms with Gasteiger partial charge in [-0.15, -0.1) is 11.6 Å². The molecule has 3 amide bonds. The summed E-state index contributed by atoms with van der Waals surface area (Å²) >= 11 is 5.28. The number of alkyl halides is 1. The van der Waals surface area contributed by atoms with Crippen LogP contribution in [0.5, 0.6) is 0 Å². The van der Waals surface area contributed by atoms with E-state index in [2.05, 4.69) is 17.6 Å². The maximum absolute atomic E-state index is 11.2. The van der Waals surface area contributed by atoms with E-state index < -0.39 is 11.9 Å². The first-order valence-corrected chi connectivity index (χ1v) is 6.79. The fourth-order valence-electron chi connectivity index (χ4n) is 2.42. The highest BCUT2D eigenvalue weighted by molar-refractivity contribution is 6.28. The molecule has 2 N–H and O–H groups in total. The first-order valence-electron chi connectivity index (χ1n) is 6.25. The summed E-state index contributed by atoms with van der Waals surface area (Å²) in [5.41, 5.74) is 0. The maximum Gasteiger partial charge on any atom is 0.321 e. The molecule has 1 rings (SSSR count). The molecule has 0 aromatic heterocycles. The minimum Gasteiger partial charge on any atom is -0.338 e. The van der Waals surface area contributed by atoms with E-state index in [4.69, 9.17) is 11.6 Å². The van der Waals surface area contributed by atoms with Crippen molar-refractivity contribution >= 4 is 23.5 Å². The molecular formula is C12H21ClN2O2. The van der Waals surface area contributed by atoms with Crippen LogP contribution in [0.25, 0.3) is 0 Å². The molecular weight excluding hydrogens is 240 g/mol. The van der Waals surface area contributed by atoms with Crippen LogP contribution in [-0.2, 0) is 4.79 Å². The number of carbonyl (C=O) groups is 2. The van der Waals surface area contributed by atoms with Crippen LogP contribution in [0.1, 0.15) is 39.0 Å². The van der Waals surface area contributed by atoms with Gasteiger partial charge in [-0.05, 0) is 24.7 Å². The number of hydrogen-bond donors (Lipinski definition) is 2. The lowest BCUT2D eigenvalue weighted by molar-refractivity contribution is -0.117. The SMILES string of the molecule is CC1CCCC(CCNC(=O)NC(=O)CCl)C1. The molecule has 98 valence electrons. The molecule has 17 heavy (non-hydrogen) atoms. The Morgan fingerprint density at radius 2 is 2.12 bits per heavy atom. The van der Waals surface area contributed by atoms with Gasteiger partial charge in [0.05, 0.1) is 0 Å². The molecule has 0 radical (unpaired) electrons. The number of hydrogen-bond acceptors (Lipinski definition) is 2. The highest BCUT2D eigenvalue weighted by atomic mass is 35.5. The highest BCUT2D eigenvalue weighted by Gasteiger charge is 2.18. The van der Waals surface area contributed by atoms with Gasteiger partial charge in [0.25, 0.3) is 0 Å². The van der Waals surface area contributed by atoms with Crippen molar-refractivity contribution in [3.63, 3.8) is 0 Å². The van der Waals surface area contributed by atoms with Gasteiger partial charge in [0.15, 0.2) is 0 Å². The van der Waals surface area contributed by atoms with E-state index in [1.807, 2.05) is 0 Å². The van der Waals surface area contributed by atoms with Crippen LogP contribution in [0, 0.1) is 11.8 Å². The molecule has 1 aliphatic rings. The molecule has 0 spiro atoms. The van der Waals surface area contributed by atoms with Gasteiger partial charge in [0.1, 0.15) is 5.88 Å². The van der Waals surface area contributed by atoms with Crippen LogP contribution in [0.15, 0.2) is 0 Å². The minimum atomic E-state index is -0.463. The highest BCUT2D eigenvalue weighted by Crippen LogP contribution is 2.30. The Morgan fingerprint density at radius 1 is 1.35 bits per heavy atom. The molecule has 0 bridgehead atoms. The Hall–Kier alpha value is -0.770. The molecule has 1 saturated carbocycles. The zero-order valence-electron chi connectivity index (χ0n) is 10.3. The van der Waals surface area contributed by atoms with Crippen molar-refractivity contribution in [2.24, 2.45) is 11.8 Å². The number of imide groups is 1. The topological polar surface area (TPSA) is 58.2 Å². The van der Waals surface area contributed by atoms with Gasteiger partial charge >= 0.3 is 6.03 Å². The predicted molar refractivity (Wildman–Crippen MR) is 68.0 cm³/mol. The van der Waals surface area contributed by atoms with E-state index in [-0.39, 0.29) is 5.88 Å². The molecule has 0 heterocycles. The maximum atomic E-state index is 11.2. The summed E-state index contributed by atoms with van der Waals surface area (Å²) in [5.74, 6) is 0.867. The lowest BCUT2D eigenvalue weighted by Crippen LogP contribution is -2.40. The molecule has 4 nitrogen and oxygen atoms in total. The van der Waals surface area contributed by atoms with Crippen LogP contribution in [0.2, 0.25) is 0 Å². The predicted octanol–water partition coefficient (Wildman–Crippen LogP) is 2.27. The second kappa shape index (κ2) is 7.54. The van der Waals surface area contributed by atoms with Crippen LogP contribution < -0.4 is 10.6 Å². The number of amides is 3. The van der Waals surface area contributed by atoms with Gasteiger partial charge in [-0.25, -0.2) is 4.79 Å². The average molecular weight is 261 g/mol. The smallest absolute Gasteiger partial charge is 0.321 e. The number of carbonyl (C=O) groups excluding carboxylic acids is 2. The Labute approximate surface area is 107 Å². The lowest BCUT2D eigenvalue weighted by atomic mass is 9.81. The summed E-state index contributed by atoms with van der Waals surface area (Å²) < 4.78 is 0. The Kier molecular flexibility index (Phi) is 6.34. The van der Waals surface area contributed by atoms with Crippen molar-refractivity contribution in [2.75, 3.05) is 12.4 Å². The zero-order chi connectivity index (χ0) is 12.7. The van der Waals surface area contributed by atoms with Crippen LogP contribution in [0.3, 0.4) is 0 Å². The van der Waals surface area contributed by atoms with Crippen LogP contribution in [-0.4, -0.2) is 24.4 Å².